The molecular weight excluding hydrogens is 825 g/mol. The number of carbonyl (C=O) groups excluding carboxylic acids is 4. The van der Waals surface area contributed by atoms with Gasteiger partial charge in [0.05, 0.1) is 46.1 Å². The van der Waals surface area contributed by atoms with Crippen LogP contribution in [0.3, 0.4) is 0 Å². The monoisotopic (exact) mass is 857 g/mol. The molecule has 6 atom stereocenters. The number of methoxy groups -OCH3 is 1. The summed E-state index contributed by atoms with van der Waals surface area (Å²) in [7, 11) is 1.45. The number of aryl methyl sites for hydroxylation is 1. The number of benzene rings is 4. The molecule has 6 unspecified atom stereocenters. The maximum absolute atomic E-state index is 15.3. The molecule has 11 heteroatoms. The molecule has 258 valence electrons. The predicted molar refractivity (Wildman–Crippen MR) is 203 cm³/mol. The molecule has 2 heterocycles. The van der Waals surface area contributed by atoms with Crippen LogP contribution in [-0.2, 0) is 24.6 Å². The van der Waals surface area contributed by atoms with E-state index in [-0.39, 0.29) is 29.7 Å². The lowest BCUT2D eigenvalue weighted by Crippen LogP contribution is -2.53. The molecule has 0 spiro atoms. The highest BCUT2D eigenvalue weighted by Gasteiger charge is 2.70. The number of phenolic OH excluding ortho intramolecular Hbond substituents is 1. The Balaban J connectivity index is 1.34. The van der Waals surface area contributed by atoms with Gasteiger partial charge in [0.15, 0.2) is 11.5 Å². The number of anilines is 2. The molecule has 2 N–H and O–H groups in total. The molecule has 4 amide bonds. The fraction of sp³-hybridized carbons (Fsp3) is 0.250. The molecular formula is C40H33BrIN3O6. The number of aromatic hydroxyl groups is 1. The molecule has 2 aliphatic carbocycles. The largest absolute Gasteiger partial charge is 0.503 e. The Morgan fingerprint density at radius 2 is 1.61 bits per heavy atom. The molecule has 0 aromatic heterocycles. The molecule has 3 fully saturated rings. The van der Waals surface area contributed by atoms with Gasteiger partial charge in [0.25, 0.3) is 11.8 Å². The Kier molecular flexibility index (Phi) is 8.33. The number of nitrogens with one attached hydrogen (secondary N) is 1. The number of hydrogen-bond donors (Lipinski definition) is 2. The highest BCUT2D eigenvalue weighted by Crippen LogP contribution is 2.64. The minimum atomic E-state index is -1.44. The van der Waals surface area contributed by atoms with Crippen LogP contribution < -0.4 is 15.1 Å². The average Bonchev–Trinajstić information content (AvgIpc) is 3.51. The van der Waals surface area contributed by atoms with Crippen molar-refractivity contribution < 1.29 is 29.0 Å². The number of fused-ring (bicyclic) bond motifs is 4. The highest BCUT2D eigenvalue weighted by atomic mass is 127. The SMILES string of the molecule is COc1cc(C2C3=CCC4C(=O)N(c5ccc(I)cc5)C(=O)C4C3CC3C(=O)N(Nc4ccc(C)cc4)C(=O)C32c2ccccc2)cc(Br)c1O. The highest BCUT2D eigenvalue weighted by molar-refractivity contribution is 14.1. The van der Waals surface area contributed by atoms with Crippen molar-refractivity contribution in [1.29, 1.82) is 0 Å². The first kappa shape index (κ1) is 33.6. The molecule has 4 aliphatic rings. The Hall–Kier alpha value is -4.49. The van der Waals surface area contributed by atoms with E-state index in [1.54, 1.807) is 24.3 Å². The molecule has 0 radical (unpaired) electrons. The number of hydrazine groups is 1. The minimum absolute atomic E-state index is 0.0992. The lowest BCUT2D eigenvalue weighted by atomic mass is 9.49. The van der Waals surface area contributed by atoms with Crippen LogP contribution in [-0.4, -0.2) is 40.9 Å². The van der Waals surface area contributed by atoms with Gasteiger partial charge in [-0.05, 0) is 124 Å². The number of rotatable bonds is 6. The minimum Gasteiger partial charge on any atom is -0.503 e. The third kappa shape index (κ3) is 5.06. The number of amides is 4. The van der Waals surface area contributed by atoms with E-state index in [0.717, 1.165) is 19.7 Å². The van der Waals surface area contributed by atoms with E-state index >= 15 is 4.79 Å². The summed E-state index contributed by atoms with van der Waals surface area (Å²) < 4.78 is 6.93. The molecule has 51 heavy (non-hydrogen) atoms. The van der Waals surface area contributed by atoms with Gasteiger partial charge < -0.3 is 9.84 Å². The summed E-state index contributed by atoms with van der Waals surface area (Å²) in [5, 5.41) is 12.0. The smallest absolute Gasteiger partial charge is 0.260 e. The standard InChI is InChI=1S/C40H33BrIN3O6/c1-21-8-12-25(13-9-21)43-45-37(48)30-20-29-27(16-17-28-33(29)38(49)44(36(28)47)26-14-10-24(42)11-15-26)34(22-18-31(41)35(46)32(19-22)51-2)40(30,39(45)50)23-6-4-3-5-7-23/h3-16,18-19,28-30,33-34,43,46H,17,20H2,1-2H3. The van der Waals surface area contributed by atoms with Gasteiger partial charge in [-0.1, -0.05) is 59.7 Å². The summed E-state index contributed by atoms with van der Waals surface area (Å²) in [5.41, 5.74) is 5.91. The lowest BCUT2D eigenvalue weighted by molar-refractivity contribution is -0.138. The zero-order valence-corrected chi connectivity index (χ0v) is 31.4. The summed E-state index contributed by atoms with van der Waals surface area (Å²) in [5.74, 6) is -4.81. The van der Waals surface area contributed by atoms with E-state index in [4.69, 9.17) is 4.74 Å². The van der Waals surface area contributed by atoms with Crippen LogP contribution in [0.5, 0.6) is 11.5 Å². The van der Waals surface area contributed by atoms with E-state index in [0.29, 0.717) is 33.4 Å². The molecule has 2 saturated heterocycles. The van der Waals surface area contributed by atoms with Crippen molar-refractivity contribution in [2.24, 2.45) is 23.7 Å². The number of hydrogen-bond acceptors (Lipinski definition) is 7. The van der Waals surface area contributed by atoms with Gasteiger partial charge in [0.2, 0.25) is 11.8 Å². The van der Waals surface area contributed by atoms with Gasteiger partial charge in [-0.3, -0.25) is 29.5 Å². The Morgan fingerprint density at radius 3 is 2.29 bits per heavy atom. The second-order valence-electron chi connectivity index (χ2n) is 13.6. The Bertz CT molecular complexity index is 2140. The van der Waals surface area contributed by atoms with Crippen molar-refractivity contribution >= 4 is 73.5 Å². The van der Waals surface area contributed by atoms with Crippen LogP contribution in [0.4, 0.5) is 11.4 Å². The fourth-order valence-corrected chi connectivity index (χ4v) is 9.70. The summed E-state index contributed by atoms with van der Waals surface area (Å²) in [6.45, 7) is 1.96. The van der Waals surface area contributed by atoms with Gasteiger partial charge in [-0.2, -0.15) is 5.01 Å². The summed E-state index contributed by atoms with van der Waals surface area (Å²) in [6.07, 6.45) is 2.50. The molecule has 2 aliphatic heterocycles. The van der Waals surface area contributed by atoms with Crippen LogP contribution in [0.1, 0.15) is 35.4 Å². The van der Waals surface area contributed by atoms with E-state index in [2.05, 4.69) is 43.9 Å². The van der Waals surface area contributed by atoms with Gasteiger partial charge in [0.1, 0.15) is 0 Å². The molecule has 4 aromatic carbocycles. The summed E-state index contributed by atoms with van der Waals surface area (Å²) >= 11 is 5.68. The maximum atomic E-state index is 15.3. The zero-order chi connectivity index (χ0) is 35.8. The second kappa shape index (κ2) is 12.6. The van der Waals surface area contributed by atoms with Gasteiger partial charge >= 0.3 is 0 Å². The van der Waals surface area contributed by atoms with Crippen LogP contribution in [0.25, 0.3) is 0 Å². The number of nitrogens with zero attached hydrogens (tertiary/aromatic N) is 2. The molecule has 0 bridgehead atoms. The quantitative estimate of drug-likeness (QED) is 0.119. The predicted octanol–water partition coefficient (Wildman–Crippen LogP) is 7.27. The number of carbonyl (C=O) groups is 4. The van der Waals surface area contributed by atoms with Gasteiger partial charge in [-0.15, -0.1) is 0 Å². The molecule has 8 rings (SSSR count). The van der Waals surface area contributed by atoms with Crippen molar-refractivity contribution in [3.05, 3.63) is 127 Å². The van der Waals surface area contributed by atoms with Gasteiger partial charge in [-0.25, -0.2) is 0 Å². The Morgan fingerprint density at radius 1 is 0.902 bits per heavy atom. The van der Waals surface area contributed by atoms with Crippen molar-refractivity contribution in [3.63, 3.8) is 0 Å². The van der Waals surface area contributed by atoms with Crippen LogP contribution >= 0.6 is 38.5 Å². The van der Waals surface area contributed by atoms with E-state index in [1.165, 1.54) is 12.0 Å². The molecule has 9 nitrogen and oxygen atoms in total. The zero-order valence-electron chi connectivity index (χ0n) is 27.7. The van der Waals surface area contributed by atoms with Crippen molar-refractivity contribution in [2.75, 3.05) is 17.4 Å². The second-order valence-corrected chi connectivity index (χ2v) is 15.7. The van der Waals surface area contributed by atoms with Crippen LogP contribution in [0.2, 0.25) is 0 Å². The number of imide groups is 2. The average molecular weight is 859 g/mol. The molecule has 1 saturated carbocycles. The van der Waals surface area contributed by atoms with Crippen LogP contribution in [0.15, 0.2) is 107 Å². The lowest BCUT2D eigenvalue weighted by Gasteiger charge is -2.50. The van der Waals surface area contributed by atoms with Crippen LogP contribution in [0, 0.1) is 34.2 Å². The maximum Gasteiger partial charge on any atom is 0.260 e. The number of ether oxygens (including phenoxy) is 1. The van der Waals surface area contributed by atoms with E-state index < -0.39 is 46.8 Å². The molecule has 4 aromatic rings. The van der Waals surface area contributed by atoms with Crippen molar-refractivity contribution in [2.45, 2.75) is 31.1 Å². The first-order valence-corrected chi connectivity index (χ1v) is 18.6. The third-order valence-electron chi connectivity index (χ3n) is 11.1. The number of halogens is 2. The number of allylic oxidation sites excluding steroid dienone is 2. The fourth-order valence-electron chi connectivity index (χ4n) is 8.88. The van der Waals surface area contributed by atoms with Crippen molar-refractivity contribution in [1.82, 2.24) is 5.01 Å². The first-order valence-electron chi connectivity index (χ1n) is 16.7. The topological polar surface area (TPSA) is 116 Å². The summed E-state index contributed by atoms with van der Waals surface area (Å²) in [4.78, 5) is 60.0. The van der Waals surface area contributed by atoms with Gasteiger partial charge in [0, 0.05) is 9.49 Å². The van der Waals surface area contributed by atoms with E-state index in [1.807, 2.05) is 79.7 Å². The number of phenols is 1. The third-order valence-corrected chi connectivity index (χ3v) is 12.4. The first-order chi connectivity index (χ1) is 24.6. The van der Waals surface area contributed by atoms with Crippen molar-refractivity contribution in [3.8, 4) is 11.5 Å². The Labute approximate surface area is 316 Å². The normalized spacial score (nSPS) is 26.8. The summed E-state index contributed by atoms with van der Waals surface area (Å²) in [6, 6.07) is 27.5. The van der Waals surface area contributed by atoms with E-state index in [9.17, 15) is 19.5 Å².